The molecule has 4 nitrogen and oxygen atoms in total. The van der Waals surface area contributed by atoms with Gasteiger partial charge in [-0.3, -0.25) is 9.36 Å². The second-order valence-electron chi connectivity index (χ2n) is 4.21. The van der Waals surface area contributed by atoms with Crippen molar-refractivity contribution in [3.8, 4) is 0 Å². The molecule has 1 unspecified atom stereocenters. The third kappa shape index (κ3) is 5.78. The molecule has 0 aromatic heterocycles. The topological polar surface area (TPSA) is 74.6 Å². The van der Waals surface area contributed by atoms with E-state index >= 15 is 0 Å². The molecular weight excluding hydrogens is 239 g/mol. The molecule has 1 atom stereocenters. The summed E-state index contributed by atoms with van der Waals surface area (Å²) in [6, 6.07) is 9.72. The maximum atomic E-state index is 11.5. The van der Waals surface area contributed by atoms with Crippen LogP contribution in [-0.4, -0.2) is 21.7 Å². The lowest BCUT2D eigenvalue weighted by Crippen LogP contribution is -2.16. The highest BCUT2D eigenvalue weighted by Gasteiger charge is 2.23. The van der Waals surface area contributed by atoms with Crippen molar-refractivity contribution < 1.29 is 19.1 Å². The van der Waals surface area contributed by atoms with Crippen molar-refractivity contribution in [3.63, 3.8) is 0 Å². The van der Waals surface area contributed by atoms with E-state index in [1.54, 1.807) is 6.92 Å². The Morgan fingerprint density at radius 2 is 1.88 bits per heavy atom. The Morgan fingerprint density at radius 3 is 2.41 bits per heavy atom. The molecule has 0 bridgehead atoms. The van der Waals surface area contributed by atoms with Crippen LogP contribution in [0, 0.1) is 5.92 Å². The molecule has 0 radical (unpaired) electrons. The van der Waals surface area contributed by atoms with E-state index in [0.29, 0.717) is 6.42 Å². The van der Waals surface area contributed by atoms with Crippen LogP contribution in [0.2, 0.25) is 0 Å². The Bertz CT molecular complexity index is 410. The van der Waals surface area contributed by atoms with Gasteiger partial charge in [-0.1, -0.05) is 37.3 Å². The highest BCUT2D eigenvalue weighted by Crippen LogP contribution is 2.35. The normalized spacial score (nSPS) is 13.4. The van der Waals surface area contributed by atoms with Gasteiger partial charge >= 0.3 is 7.60 Å². The van der Waals surface area contributed by atoms with Crippen molar-refractivity contribution in [3.05, 3.63) is 35.9 Å². The molecule has 0 fully saturated rings. The molecule has 1 rings (SSSR count). The van der Waals surface area contributed by atoms with Crippen molar-refractivity contribution >= 4 is 13.4 Å². The van der Waals surface area contributed by atoms with Gasteiger partial charge in [0.1, 0.15) is 11.9 Å². The van der Waals surface area contributed by atoms with Crippen molar-refractivity contribution in [2.45, 2.75) is 19.8 Å². The standard InChI is InChI=1S/C12H17O4P/c1-10(12(13)9-17(14,15)16)7-8-11-5-3-2-4-6-11/h2-6,10H,7-9H2,1H3,(H2,14,15,16). The largest absolute Gasteiger partial charge is 0.332 e. The van der Waals surface area contributed by atoms with Crippen LogP contribution in [0.5, 0.6) is 0 Å². The maximum Gasteiger partial charge on any atom is 0.332 e. The van der Waals surface area contributed by atoms with Gasteiger partial charge in [-0.2, -0.15) is 0 Å². The molecule has 0 aliphatic rings. The van der Waals surface area contributed by atoms with Gasteiger partial charge in [0.2, 0.25) is 0 Å². The van der Waals surface area contributed by atoms with Crippen LogP contribution in [0.15, 0.2) is 30.3 Å². The number of carbonyl (C=O) groups is 1. The molecule has 1 aromatic carbocycles. The van der Waals surface area contributed by atoms with Gasteiger partial charge in [-0.25, -0.2) is 0 Å². The van der Waals surface area contributed by atoms with Gasteiger partial charge in [-0.15, -0.1) is 0 Å². The van der Waals surface area contributed by atoms with Crippen LogP contribution in [0.1, 0.15) is 18.9 Å². The third-order valence-corrected chi connectivity index (χ3v) is 3.34. The van der Waals surface area contributed by atoms with Gasteiger partial charge in [-0.05, 0) is 18.4 Å². The van der Waals surface area contributed by atoms with Crippen LogP contribution in [0.25, 0.3) is 0 Å². The van der Waals surface area contributed by atoms with E-state index in [-0.39, 0.29) is 11.7 Å². The van der Waals surface area contributed by atoms with Crippen LogP contribution in [0.4, 0.5) is 0 Å². The molecule has 0 spiro atoms. The molecule has 94 valence electrons. The highest BCUT2D eigenvalue weighted by atomic mass is 31.2. The average molecular weight is 256 g/mol. The number of hydrogen-bond donors (Lipinski definition) is 2. The molecule has 0 heterocycles. The highest BCUT2D eigenvalue weighted by molar-refractivity contribution is 7.52. The van der Waals surface area contributed by atoms with E-state index in [0.717, 1.165) is 12.0 Å². The van der Waals surface area contributed by atoms with Gasteiger partial charge in [0, 0.05) is 5.92 Å². The number of hydrogen-bond acceptors (Lipinski definition) is 2. The van der Waals surface area contributed by atoms with Crippen LogP contribution < -0.4 is 0 Å². The van der Waals surface area contributed by atoms with Crippen molar-refractivity contribution in [2.75, 3.05) is 6.16 Å². The summed E-state index contributed by atoms with van der Waals surface area (Å²) in [5.74, 6) is -0.683. The van der Waals surface area contributed by atoms with E-state index in [4.69, 9.17) is 9.79 Å². The van der Waals surface area contributed by atoms with Crippen LogP contribution in [0.3, 0.4) is 0 Å². The Kier molecular flexibility index (Phi) is 5.06. The fourth-order valence-corrected chi connectivity index (χ4v) is 2.27. The summed E-state index contributed by atoms with van der Waals surface area (Å²) in [5.41, 5.74) is 1.13. The lowest BCUT2D eigenvalue weighted by atomic mass is 9.98. The summed E-state index contributed by atoms with van der Waals surface area (Å²) in [7, 11) is -4.22. The van der Waals surface area contributed by atoms with E-state index in [1.165, 1.54) is 0 Å². The molecule has 0 amide bonds. The van der Waals surface area contributed by atoms with Crippen LogP contribution >= 0.6 is 7.60 Å². The van der Waals surface area contributed by atoms with Gasteiger partial charge in [0.05, 0.1) is 0 Å². The smallest absolute Gasteiger partial charge is 0.324 e. The number of benzene rings is 1. The predicted octanol–water partition coefficient (Wildman–Crippen LogP) is 2.00. The molecule has 0 aliphatic carbocycles. The Labute approximate surface area is 101 Å². The molecule has 0 aliphatic heterocycles. The molecule has 1 aromatic rings. The number of ketones is 1. The summed E-state index contributed by atoms with van der Waals surface area (Å²) >= 11 is 0. The van der Waals surface area contributed by atoms with Crippen molar-refractivity contribution in [1.82, 2.24) is 0 Å². The van der Waals surface area contributed by atoms with Crippen LogP contribution in [-0.2, 0) is 15.8 Å². The first kappa shape index (κ1) is 14.1. The first-order valence-corrected chi connectivity index (χ1v) is 7.29. The summed E-state index contributed by atoms with van der Waals surface area (Å²) in [6.45, 7) is 1.71. The zero-order valence-corrected chi connectivity index (χ0v) is 10.6. The summed E-state index contributed by atoms with van der Waals surface area (Å²) in [6.07, 6.45) is 0.709. The molecule has 17 heavy (non-hydrogen) atoms. The molecular formula is C12H17O4P. The van der Waals surface area contributed by atoms with Gasteiger partial charge < -0.3 is 9.79 Å². The Balaban J connectivity index is 2.42. The number of aryl methyl sites for hydroxylation is 1. The Morgan fingerprint density at radius 1 is 1.29 bits per heavy atom. The number of Topliss-reactive ketones (excluding diaryl/α,β-unsaturated/α-hetero) is 1. The first-order chi connectivity index (χ1) is 7.88. The minimum Gasteiger partial charge on any atom is -0.324 e. The fourth-order valence-electron chi connectivity index (χ4n) is 1.55. The van der Waals surface area contributed by atoms with Crippen molar-refractivity contribution in [2.24, 2.45) is 5.92 Å². The SMILES string of the molecule is CC(CCc1ccccc1)C(=O)CP(=O)(O)O. The summed E-state index contributed by atoms with van der Waals surface area (Å²) in [5, 5.41) is 0. The quantitative estimate of drug-likeness (QED) is 0.763. The maximum absolute atomic E-state index is 11.5. The monoisotopic (exact) mass is 256 g/mol. The minimum absolute atomic E-state index is 0.317. The third-order valence-electron chi connectivity index (χ3n) is 2.62. The molecule has 5 heteroatoms. The first-order valence-electron chi connectivity index (χ1n) is 5.49. The second-order valence-corrected chi connectivity index (χ2v) is 5.86. The zero-order valence-electron chi connectivity index (χ0n) is 9.74. The molecule has 2 N–H and O–H groups in total. The summed E-state index contributed by atoms with van der Waals surface area (Å²) < 4.78 is 10.7. The van der Waals surface area contributed by atoms with E-state index < -0.39 is 13.8 Å². The summed E-state index contributed by atoms with van der Waals surface area (Å²) in [4.78, 5) is 28.9. The van der Waals surface area contributed by atoms with E-state index in [2.05, 4.69) is 0 Å². The van der Waals surface area contributed by atoms with Crippen molar-refractivity contribution in [1.29, 1.82) is 0 Å². The lowest BCUT2D eigenvalue weighted by Gasteiger charge is -2.11. The molecule has 0 saturated carbocycles. The zero-order chi connectivity index (χ0) is 12.9. The second kappa shape index (κ2) is 6.10. The number of carbonyl (C=O) groups excluding carboxylic acids is 1. The average Bonchev–Trinajstić information content (AvgIpc) is 2.25. The lowest BCUT2D eigenvalue weighted by molar-refractivity contribution is -0.120. The molecule has 0 saturated heterocycles. The fraction of sp³-hybridized carbons (Fsp3) is 0.417. The number of rotatable bonds is 6. The van der Waals surface area contributed by atoms with E-state index in [9.17, 15) is 9.36 Å². The van der Waals surface area contributed by atoms with Gasteiger partial charge in [0.25, 0.3) is 0 Å². The Hall–Kier alpha value is -0.960. The van der Waals surface area contributed by atoms with Gasteiger partial charge in [0.15, 0.2) is 0 Å². The predicted molar refractivity (Wildman–Crippen MR) is 65.8 cm³/mol. The minimum atomic E-state index is -4.22. The van der Waals surface area contributed by atoms with E-state index in [1.807, 2.05) is 30.3 Å².